The van der Waals surface area contributed by atoms with Gasteiger partial charge in [0.1, 0.15) is 17.2 Å². The lowest BCUT2D eigenvalue weighted by Crippen LogP contribution is -2.14. The van der Waals surface area contributed by atoms with Crippen LogP contribution in [0.25, 0.3) is 16.9 Å². The van der Waals surface area contributed by atoms with Gasteiger partial charge < -0.3 is 14.8 Å². The zero-order chi connectivity index (χ0) is 21.3. The first-order valence-electron chi connectivity index (χ1n) is 9.28. The molecule has 1 amide bonds. The van der Waals surface area contributed by atoms with E-state index in [9.17, 15) is 4.79 Å². The molecule has 4 rings (SSSR count). The van der Waals surface area contributed by atoms with Crippen molar-refractivity contribution < 1.29 is 14.3 Å². The SMILES string of the molecule is COc1ccc(-c2nc3ccc(C)cn3c2NC(=O)c2cccc(Cl)c2)cc1OC. The normalized spacial score (nSPS) is 10.8. The summed E-state index contributed by atoms with van der Waals surface area (Å²) in [5, 5.41) is 3.50. The van der Waals surface area contributed by atoms with Crippen LogP contribution in [0, 0.1) is 6.92 Å². The van der Waals surface area contributed by atoms with Crippen molar-refractivity contribution in [3.8, 4) is 22.8 Å². The number of anilines is 1. The minimum absolute atomic E-state index is 0.275. The van der Waals surface area contributed by atoms with E-state index < -0.39 is 0 Å². The molecule has 4 aromatic rings. The van der Waals surface area contributed by atoms with Crippen molar-refractivity contribution >= 4 is 29.0 Å². The summed E-state index contributed by atoms with van der Waals surface area (Å²) < 4.78 is 12.6. The van der Waals surface area contributed by atoms with E-state index in [1.165, 1.54) is 0 Å². The molecule has 2 heterocycles. The van der Waals surface area contributed by atoms with Gasteiger partial charge in [-0.25, -0.2) is 4.98 Å². The van der Waals surface area contributed by atoms with Gasteiger partial charge in [0, 0.05) is 22.3 Å². The van der Waals surface area contributed by atoms with Crippen LogP contribution in [-0.2, 0) is 0 Å². The van der Waals surface area contributed by atoms with E-state index >= 15 is 0 Å². The molecule has 0 radical (unpaired) electrons. The molecule has 0 aliphatic rings. The van der Waals surface area contributed by atoms with Gasteiger partial charge in [-0.15, -0.1) is 0 Å². The standard InChI is InChI=1S/C23H20ClN3O3/c1-14-7-10-20-25-21(15-8-9-18(29-2)19(12-15)30-3)22(27(20)13-14)26-23(28)16-5-4-6-17(24)11-16/h4-13H,1-3H3,(H,26,28). The molecule has 2 aromatic carbocycles. The zero-order valence-electron chi connectivity index (χ0n) is 16.8. The maximum atomic E-state index is 12.9. The van der Waals surface area contributed by atoms with Crippen molar-refractivity contribution in [3.05, 3.63) is 76.9 Å². The predicted molar refractivity (Wildman–Crippen MR) is 118 cm³/mol. The third kappa shape index (κ3) is 3.69. The molecule has 0 spiro atoms. The molecule has 152 valence electrons. The van der Waals surface area contributed by atoms with Crippen LogP contribution in [0.4, 0.5) is 5.82 Å². The van der Waals surface area contributed by atoms with Crippen LogP contribution in [0.1, 0.15) is 15.9 Å². The van der Waals surface area contributed by atoms with E-state index in [1.807, 2.05) is 47.9 Å². The Labute approximate surface area is 179 Å². The number of benzene rings is 2. The van der Waals surface area contributed by atoms with Gasteiger partial charge >= 0.3 is 0 Å². The number of hydrogen-bond donors (Lipinski definition) is 1. The van der Waals surface area contributed by atoms with Gasteiger partial charge in [-0.3, -0.25) is 9.20 Å². The summed E-state index contributed by atoms with van der Waals surface area (Å²) >= 11 is 6.05. The lowest BCUT2D eigenvalue weighted by atomic mass is 10.1. The average Bonchev–Trinajstić information content (AvgIpc) is 3.10. The summed E-state index contributed by atoms with van der Waals surface area (Å²) in [6.07, 6.45) is 1.93. The summed E-state index contributed by atoms with van der Waals surface area (Å²) in [6, 6.07) is 16.2. The van der Waals surface area contributed by atoms with Gasteiger partial charge in [-0.2, -0.15) is 0 Å². The van der Waals surface area contributed by atoms with Gasteiger partial charge in [-0.05, 0) is 55.0 Å². The average molecular weight is 422 g/mol. The van der Waals surface area contributed by atoms with Gasteiger partial charge in [-0.1, -0.05) is 23.7 Å². The highest BCUT2D eigenvalue weighted by molar-refractivity contribution is 6.31. The molecule has 0 aliphatic carbocycles. The summed E-state index contributed by atoms with van der Waals surface area (Å²) in [5.74, 6) is 1.48. The minimum atomic E-state index is -0.275. The maximum absolute atomic E-state index is 12.9. The number of carbonyl (C=O) groups is 1. The monoisotopic (exact) mass is 421 g/mol. The smallest absolute Gasteiger partial charge is 0.256 e. The zero-order valence-corrected chi connectivity index (χ0v) is 17.5. The number of fused-ring (bicyclic) bond motifs is 1. The third-order valence-corrected chi connectivity index (χ3v) is 4.98. The number of ether oxygens (including phenoxy) is 2. The number of rotatable bonds is 5. The van der Waals surface area contributed by atoms with E-state index in [-0.39, 0.29) is 5.91 Å². The Kier molecular flexibility index (Phi) is 5.33. The van der Waals surface area contributed by atoms with Crippen LogP contribution in [0.15, 0.2) is 60.8 Å². The summed E-state index contributed by atoms with van der Waals surface area (Å²) in [5.41, 5.74) is 3.62. The molecular formula is C23H20ClN3O3. The number of nitrogens with one attached hydrogen (secondary N) is 1. The molecule has 6 nitrogen and oxygen atoms in total. The molecular weight excluding hydrogens is 402 g/mol. The van der Waals surface area contributed by atoms with E-state index in [2.05, 4.69) is 5.32 Å². The fourth-order valence-electron chi connectivity index (χ4n) is 3.26. The molecule has 0 fully saturated rings. The number of halogens is 1. The lowest BCUT2D eigenvalue weighted by Gasteiger charge is -2.11. The topological polar surface area (TPSA) is 64.9 Å². The summed E-state index contributed by atoms with van der Waals surface area (Å²) in [6.45, 7) is 1.98. The Balaban J connectivity index is 1.85. The molecule has 0 saturated heterocycles. The summed E-state index contributed by atoms with van der Waals surface area (Å²) in [4.78, 5) is 17.7. The van der Waals surface area contributed by atoms with Crippen LogP contribution in [0.5, 0.6) is 11.5 Å². The molecule has 2 aromatic heterocycles. The van der Waals surface area contributed by atoms with Crippen molar-refractivity contribution in [1.82, 2.24) is 9.38 Å². The molecule has 7 heteroatoms. The second kappa shape index (κ2) is 8.08. The van der Waals surface area contributed by atoms with Crippen LogP contribution in [0.3, 0.4) is 0 Å². The maximum Gasteiger partial charge on any atom is 0.256 e. The van der Waals surface area contributed by atoms with E-state index in [4.69, 9.17) is 26.1 Å². The highest BCUT2D eigenvalue weighted by Gasteiger charge is 2.19. The van der Waals surface area contributed by atoms with Gasteiger partial charge in [0.25, 0.3) is 5.91 Å². The van der Waals surface area contributed by atoms with Crippen LogP contribution < -0.4 is 14.8 Å². The number of nitrogens with zero attached hydrogens (tertiary/aromatic N) is 2. The van der Waals surface area contributed by atoms with Crippen molar-refractivity contribution in [3.63, 3.8) is 0 Å². The van der Waals surface area contributed by atoms with Crippen molar-refractivity contribution in [2.45, 2.75) is 6.92 Å². The number of pyridine rings is 1. The van der Waals surface area contributed by atoms with Crippen molar-refractivity contribution in [2.24, 2.45) is 0 Å². The first-order chi connectivity index (χ1) is 14.5. The Morgan fingerprint density at radius 3 is 2.57 bits per heavy atom. The van der Waals surface area contributed by atoms with E-state index in [0.29, 0.717) is 39.2 Å². The Hall–Kier alpha value is -3.51. The molecule has 0 bridgehead atoms. The molecule has 0 atom stereocenters. The fourth-order valence-corrected chi connectivity index (χ4v) is 3.45. The fraction of sp³-hybridized carbons (Fsp3) is 0.130. The number of carbonyl (C=O) groups excluding carboxylic acids is 1. The quantitative estimate of drug-likeness (QED) is 0.479. The minimum Gasteiger partial charge on any atom is -0.493 e. The van der Waals surface area contributed by atoms with Gasteiger partial charge in [0.2, 0.25) is 0 Å². The van der Waals surface area contributed by atoms with Gasteiger partial charge in [0.05, 0.1) is 14.2 Å². The van der Waals surface area contributed by atoms with Crippen LogP contribution in [0.2, 0.25) is 5.02 Å². The van der Waals surface area contributed by atoms with Crippen LogP contribution in [-0.4, -0.2) is 29.5 Å². The highest BCUT2D eigenvalue weighted by Crippen LogP contribution is 2.35. The second-order valence-corrected chi connectivity index (χ2v) is 7.21. The molecule has 1 N–H and O–H groups in total. The first kappa shape index (κ1) is 19.8. The van der Waals surface area contributed by atoms with Crippen molar-refractivity contribution in [2.75, 3.05) is 19.5 Å². The van der Waals surface area contributed by atoms with Gasteiger partial charge in [0.15, 0.2) is 11.5 Å². The third-order valence-electron chi connectivity index (χ3n) is 4.74. The Morgan fingerprint density at radius 2 is 1.83 bits per heavy atom. The largest absolute Gasteiger partial charge is 0.493 e. The molecule has 0 unspecified atom stereocenters. The first-order valence-corrected chi connectivity index (χ1v) is 9.66. The Bertz CT molecular complexity index is 1250. The van der Waals surface area contributed by atoms with Crippen LogP contribution >= 0.6 is 11.6 Å². The number of imidazole rings is 1. The number of amides is 1. The highest BCUT2D eigenvalue weighted by atomic mass is 35.5. The van der Waals surface area contributed by atoms with E-state index in [0.717, 1.165) is 11.1 Å². The number of methoxy groups -OCH3 is 2. The molecule has 0 saturated carbocycles. The Morgan fingerprint density at radius 1 is 1.03 bits per heavy atom. The number of aromatic nitrogens is 2. The predicted octanol–water partition coefficient (Wildman–Crippen LogP) is 5.23. The lowest BCUT2D eigenvalue weighted by molar-refractivity contribution is 0.102. The molecule has 0 aliphatic heterocycles. The number of aryl methyl sites for hydroxylation is 1. The number of hydrogen-bond acceptors (Lipinski definition) is 4. The molecule has 30 heavy (non-hydrogen) atoms. The van der Waals surface area contributed by atoms with E-state index in [1.54, 1.807) is 38.5 Å². The van der Waals surface area contributed by atoms with Crippen molar-refractivity contribution in [1.29, 1.82) is 0 Å². The summed E-state index contributed by atoms with van der Waals surface area (Å²) in [7, 11) is 3.17. The second-order valence-electron chi connectivity index (χ2n) is 6.78.